The van der Waals surface area contributed by atoms with Gasteiger partial charge in [-0.05, 0) is 38.4 Å². The summed E-state index contributed by atoms with van der Waals surface area (Å²) in [5.74, 6) is 0.566. The largest absolute Gasteiger partial charge is 0.377 e. The third kappa shape index (κ3) is 4.33. The summed E-state index contributed by atoms with van der Waals surface area (Å²) in [6.07, 6.45) is 1.68. The fourth-order valence-corrected chi connectivity index (χ4v) is 2.33. The summed E-state index contributed by atoms with van der Waals surface area (Å²) in [5.41, 5.74) is 1.90. The van der Waals surface area contributed by atoms with Crippen molar-refractivity contribution in [2.45, 2.75) is 26.4 Å². The Kier molecular flexibility index (Phi) is 5.36. The number of amides is 1. The van der Waals surface area contributed by atoms with Gasteiger partial charge >= 0.3 is 0 Å². The van der Waals surface area contributed by atoms with E-state index >= 15 is 0 Å². The number of hydrogen-bond acceptors (Lipinski definition) is 3. The lowest BCUT2D eigenvalue weighted by molar-refractivity contribution is -0.117. The Morgan fingerprint density at radius 2 is 2.32 bits per heavy atom. The van der Waals surface area contributed by atoms with Gasteiger partial charge in [-0.3, -0.25) is 4.79 Å². The molecule has 0 spiro atoms. The maximum atomic E-state index is 12.0. The lowest BCUT2D eigenvalue weighted by atomic mass is 10.0. The number of carbonyl (C=O) groups is 1. The molecule has 1 aliphatic heterocycles. The summed E-state index contributed by atoms with van der Waals surface area (Å²) < 4.78 is 5.41. The molecule has 0 radical (unpaired) electrons. The molecule has 1 aromatic carbocycles. The molecule has 0 aromatic heterocycles. The lowest BCUT2D eigenvalue weighted by Crippen LogP contribution is -2.19. The minimum atomic E-state index is 0.0950. The summed E-state index contributed by atoms with van der Waals surface area (Å²) in [6, 6.07) is 7.81. The van der Waals surface area contributed by atoms with Crippen molar-refractivity contribution in [3.05, 3.63) is 29.8 Å². The number of rotatable bonds is 6. The number of benzene rings is 1. The highest BCUT2D eigenvalue weighted by Gasteiger charge is 2.18. The first-order valence-electron chi connectivity index (χ1n) is 6.95. The molecule has 1 saturated heterocycles. The van der Waals surface area contributed by atoms with Crippen molar-refractivity contribution < 1.29 is 9.53 Å². The van der Waals surface area contributed by atoms with E-state index in [9.17, 15) is 4.79 Å². The van der Waals surface area contributed by atoms with E-state index in [-0.39, 0.29) is 5.91 Å². The van der Waals surface area contributed by atoms with Crippen molar-refractivity contribution >= 4 is 11.6 Å². The SMILES string of the molecule is CCOCc1ccccc1NC(=O)CC1CCNC1. The van der Waals surface area contributed by atoms with Crippen LogP contribution in [0.15, 0.2) is 24.3 Å². The number of hydrogen-bond donors (Lipinski definition) is 2. The van der Waals surface area contributed by atoms with E-state index in [1.165, 1.54) is 0 Å². The van der Waals surface area contributed by atoms with Crippen LogP contribution < -0.4 is 10.6 Å². The van der Waals surface area contributed by atoms with Crippen LogP contribution in [0.1, 0.15) is 25.3 Å². The third-order valence-electron chi connectivity index (χ3n) is 3.39. The Morgan fingerprint density at radius 3 is 3.05 bits per heavy atom. The fraction of sp³-hybridized carbons (Fsp3) is 0.533. The molecule has 104 valence electrons. The molecule has 4 nitrogen and oxygen atoms in total. The monoisotopic (exact) mass is 262 g/mol. The number of anilines is 1. The topological polar surface area (TPSA) is 50.4 Å². The molecule has 19 heavy (non-hydrogen) atoms. The van der Waals surface area contributed by atoms with Crippen molar-refractivity contribution in [3.8, 4) is 0 Å². The Morgan fingerprint density at radius 1 is 1.47 bits per heavy atom. The van der Waals surface area contributed by atoms with Gasteiger partial charge in [0.25, 0.3) is 0 Å². The molecule has 1 atom stereocenters. The lowest BCUT2D eigenvalue weighted by Gasteiger charge is -2.12. The van der Waals surface area contributed by atoms with Gasteiger partial charge in [-0.1, -0.05) is 18.2 Å². The summed E-state index contributed by atoms with van der Waals surface area (Å²) in [7, 11) is 0. The van der Waals surface area contributed by atoms with Crippen LogP contribution in [0.2, 0.25) is 0 Å². The molecule has 0 saturated carbocycles. The molecule has 0 aliphatic carbocycles. The van der Waals surface area contributed by atoms with Crippen molar-refractivity contribution in [3.63, 3.8) is 0 Å². The Hall–Kier alpha value is -1.39. The third-order valence-corrected chi connectivity index (χ3v) is 3.39. The molecule has 1 amide bonds. The first-order valence-corrected chi connectivity index (χ1v) is 6.95. The first-order chi connectivity index (χ1) is 9.29. The molecule has 2 N–H and O–H groups in total. The molecule has 1 heterocycles. The van der Waals surface area contributed by atoms with Gasteiger partial charge in [0.2, 0.25) is 5.91 Å². The normalized spacial score (nSPS) is 18.5. The number of ether oxygens (including phenoxy) is 1. The molecular formula is C15H22N2O2. The molecule has 1 unspecified atom stereocenters. The van der Waals surface area contributed by atoms with Crippen LogP contribution in [0.3, 0.4) is 0 Å². The highest BCUT2D eigenvalue weighted by molar-refractivity contribution is 5.91. The summed E-state index contributed by atoms with van der Waals surface area (Å²) in [6.45, 7) is 5.16. The molecule has 2 rings (SSSR count). The minimum Gasteiger partial charge on any atom is -0.377 e. The van der Waals surface area contributed by atoms with E-state index < -0.39 is 0 Å². The Bertz CT molecular complexity index is 414. The Balaban J connectivity index is 1.91. The van der Waals surface area contributed by atoms with Gasteiger partial charge in [-0.2, -0.15) is 0 Å². The molecule has 4 heteroatoms. The minimum absolute atomic E-state index is 0.0950. The van der Waals surface area contributed by atoms with Gasteiger partial charge in [0.1, 0.15) is 0 Å². The van der Waals surface area contributed by atoms with Crippen LogP contribution in [0, 0.1) is 5.92 Å². The summed E-state index contributed by atoms with van der Waals surface area (Å²) in [5, 5.41) is 6.28. The first kappa shape index (κ1) is 14.0. The van der Waals surface area contributed by atoms with Crippen LogP contribution in [-0.4, -0.2) is 25.6 Å². The second-order valence-corrected chi connectivity index (χ2v) is 4.91. The van der Waals surface area contributed by atoms with E-state index in [1.54, 1.807) is 0 Å². The standard InChI is InChI=1S/C15H22N2O2/c1-2-19-11-13-5-3-4-6-14(13)17-15(18)9-12-7-8-16-10-12/h3-6,12,16H,2,7-11H2,1H3,(H,17,18). The Labute approximate surface area is 114 Å². The summed E-state index contributed by atoms with van der Waals surface area (Å²) in [4.78, 5) is 12.0. The van der Waals surface area contributed by atoms with E-state index in [4.69, 9.17) is 4.74 Å². The molecule has 1 aromatic rings. The van der Waals surface area contributed by atoms with Crippen LogP contribution in [0.4, 0.5) is 5.69 Å². The van der Waals surface area contributed by atoms with Crippen LogP contribution >= 0.6 is 0 Å². The maximum absolute atomic E-state index is 12.0. The van der Waals surface area contributed by atoms with Crippen LogP contribution in [0.25, 0.3) is 0 Å². The molecule has 1 fully saturated rings. The van der Waals surface area contributed by atoms with E-state index in [1.807, 2.05) is 31.2 Å². The predicted molar refractivity (Wildman–Crippen MR) is 76.0 cm³/mol. The average molecular weight is 262 g/mol. The number of nitrogens with one attached hydrogen (secondary N) is 2. The van der Waals surface area contributed by atoms with Crippen molar-refractivity contribution in [1.29, 1.82) is 0 Å². The molecule has 0 bridgehead atoms. The van der Waals surface area contributed by atoms with Crippen molar-refractivity contribution in [2.75, 3.05) is 25.0 Å². The van der Waals surface area contributed by atoms with Gasteiger partial charge in [0.15, 0.2) is 0 Å². The fourth-order valence-electron chi connectivity index (χ4n) is 2.33. The average Bonchev–Trinajstić information content (AvgIpc) is 2.90. The van der Waals surface area contributed by atoms with Gasteiger partial charge in [0.05, 0.1) is 6.61 Å². The zero-order valence-electron chi connectivity index (χ0n) is 11.4. The van der Waals surface area contributed by atoms with E-state index in [2.05, 4.69) is 10.6 Å². The van der Waals surface area contributed by atoms with Gasteiger partial charge in [0, 0.05) is 24.3 Å². The number of para-hydroxylation sites is 1. The van der Waals surface area contributed by atoms with Gasteiger partial charge < -0.3 is 15.4 Å². The van der Waals surface area contributed by atoms with Crippen LogP contribution in [0.5, 0.6) is 0 Å². The molecular weight excluding hydrogens is 240 g/mol. The highest BCUT2D eigenvalue weighted by Crippen LogP contribution is 2.18. The number of carbonyl (C=O) groups excluding carboxylic acids is 1. The van der Waals surface area contributed by atoms with Gasteiger partial charge in [-0.15, -0.1) is 0 Å². The second kappa shape index (κ2) is 7.26. The van der Waals surface area contributed by atoms with E-state index in [0.717, 1.165) is 30.8 Å². The van der Waals surface area contributed by atoms with Crippen LogP contribution in [-0.2, 0) is 16.1 Å². The van der Waals surface area contributed by atoms with Gasteiger partial charge in [-0.25, -0.2) is 0 Å². The smallest absolute Gasteiger partial charge is 0.224 e. The second-order valence-electron chi connectivity index (χ2n) is 4.91. The van der Waals surface area contributed by atoms with Crippen molar-refractivity contribution in [1.82, 2.24) is 5.32 Å². The predicted octanol–water partition coefficient (Wildman–Crippen LogP) is 2.16. The van der Waals surface area contributed by atoms with E-state index in [0.29, 0.717) is 25.6 Å². The van der Waals surface area contributed by atoms with Crippen molar-refractivity contribution in [2.24, 2.45) is 5.92 Å². The highest BCUT2D eigenvalue weighted by atomic mass is 16.5. The zero-order chi connectivity index (χ0) is 13.5. The summed E-state index contributed by atoms with van der Waals surface area (Å²) >= 11 is 0. The molecule has 1 aliphatic rings. The zero-order valence-corrected chi connectivity index (χ0v) is 11.4. The maximum Gasteiger partial charge on any atom is 0.224 e. The quantitative estimate of drug-likeness (QED) is 0.826.